The predicted molar refractivity (Wildman–Crippen MR) is 99.3 cm³/mol. The van der Waals surface area contributed by atoms with Gasteiger partial charge in [-0.2, -0.15) is 4.72 Å². The first-order chi connectivity index (χ1) is 12.4. The Bertz CT molecular complexity index is 1020. The maximum absolute atomic E-state index is 12.6. The van der Waals surface area contributed by atoms with Crippen molar-refractivity contribution in [2.24, 2.45) is 0 Å². The molecule has 6 nitrogen and oxygen atoms in total. The molecule has 0 spiro atoms. The molecule has 0 bridgehead atoms. The number of hydrogen-bond acceptors (Lipinski definition) is 4. The molecule has 0 unspecified atom stereocenters. The monoisotopic (exact) mass is 372 g/mol. The molecule has 26 heavy (non-hydrogen) atoms. The van der Waals surface area contributed by atoms with E-state index in [-0.39, 0.29) is 11.3 Å². The highest BCUT2D eigenvalue weighted by molar-refractivity contribution is 7.89. The third-order valence-corrected chi connectivity index (χ3v) is 5.70. The maximum atomic E-state index is 12.6. The largest absolute Gasteiger partial charge is 0.468 e. The first kappa shape index (κ1) is 18.2. The fourth-order valence-corrected chi connectivity index (χ4v) is 3.99. The number of ether oxygens (including phenoxy) is 1. The molecule has 0 aliphatic rings. The molecule has 0 saturated heterocycles. The van der Waals surface area contributed by atoms with Crippen LogP contribution >= 0.6 is 0 Å². The number of fused-ring (bicyclic) bond motifs is 1. The van der Waals surface area contributed by atoms with Crippen molar-refractivity contribution in [2.45, 2.75) is 24.3 Å². The van der Waals surface area contributed by atoms with Crippen molar-refractivity contribution in [3.05, 3.63) is 65.9 Å². The lowest BCUT2D eigenvalue weighted by Crippen LogP contribution is -2.42. The summed E-state index contributed by atoms with van der Waals surface area (Å²) in [5, 5.41) is 0.941. The number of carbonyl (C=O) groups is 1. The third-order valence-electron chi connectivity index (χ3n) is 4.21. The minimum Gasteiger partial charge on any atom is -0.468 e. The number of para-hydroxylation sites is 1. The highest BCUT2D eigenvalue weighted by Gasteiger charge is 2.27. The lowest BCUT2D eigenvalue weighted by atomic mass is 10.1. The summed E-state index contributed by atoms with van der Waals surface area (Å²) in [5.74, 6) is -0.633. The minimum atomic E-state index is -3.85. The Kier molecular flexibility index (Phi) is 5.11. The van der Waals surface area contributed by atoms with Crippen molar-refractivity contribution in [3.63, 3.8) is 0 Å². The second kappa shape index (κ2) is 7.31. The van der Waals surface area contributed by atoms with Crippen molar-refractivity contribution in [3.8, 4) is 0 Å². The van der Waals surface area contributed by atoms with E-state index in [0.29, 0.717) is 0 Å². The third kappa shape index (κ3) is 3.79. The molecule has 7 heteroatoms. The Hall–Kier alpha value is -2.64. The fourth-order valence-electron chi connectivity index (χ4n) is 2.81. The lowest BCUT2D eigenvalue weighted by molar-refractivity contribution is -0.142. The number of carbonyl (C=O) groups excluding carboxylic acids is 1. The van der Waals surface area contributed by atoms with E-state index in [1.54, 1.807) is 18.3 Å². The van der Waals surface area contributed by atoms with E-state index >= 15 is 0 Å². The number of nitrogens with one attached hydrogen (secondary N) is 2. The molecule has 0 saturated carbocycles. The van der Waals surface area contributed by atoms with Gasteiger partial charge < -0.3 is 9.72 Å². The molecule has 1 aromatic heterocycles. The number of rotatable bonds is 6. The van der Waals surface area contributed by atoms with Crippen LogP contribution in [0, 0.1) is 6.92 Å². The zero-order valence-electron chi connectivity index (χ0n) is 14.5. The van der Waals surface area contributed by atoms with E-state index in [4.69, 9.17) is 4.74 Å². The average molecular weight is 372 g/mol. The van der Waals surface area contributed by atoms with Crippen LogP contribution in [0.1, 0.15) is 11.1 Å². The summed E-state index contributed by atoms with van der Waals surface area (Å²) in [6.45, 7) is 1.87. The summed E-state index contributed by atoms with van der Waals surface area (Å²) in [6.07, 6.45) is 1.96. The Morgan fingerprint density at radius 1 is 1.15 bits per heavy atom. The lowest BCUT2D eigenvalue weighted by Gasteiger charge is -2.16. The summed E-state index contributed by atoms with van der Waals surface area (Å²) in [4.78, 5) is 15.4. The fraction of sp³-hybridized carbons (Fsp3) is 0.211. The summed E-state index contributed by atoms with van der Waals surface area (Å²) >= 11 is 0. The molecule has 1 atom stereocenters. The minimum absolute atomic E-state index is 0.107. The number of aromatic amines is 1. The smallest absolute Gasteiger partial charge is 0.324 e. The summed E-state index contributed by atoms with van der Waals surface area (Å²) in [7, 11) is -2.61. The molecule has 1 heterocycles. The number of methoxy groups -OCH3 is 1. The number of H-pyrrole nitrogens is 1. The van der Waals surface area contributed by atoms with Gasteiger partial charge in [-0.25, -0.2) is 8.42 Å². The number of aromatic nitrogens is 1. The van der Waals surface area contributed by atoms with Gasteiger partial charge in [-0.05, 0) is 30.7 Å². The average Bonchev–Trinajstić information content (AvgIpc) is 3.04. The van der Waals surface area contributed by atoms with Gasteiger partial charge in [0.25, 0.3) is 0 Å². The molecule has 2 N–H and O–H groups in total. The van der Waals surface area contributed by atoms with Crippen LogP contribution in [0.5, 0.6) is 0 Å². The van der Waals surface area contributed by atoms with Crippen LogP contribution in [0.2, 0.25) is 0 Å². The molecular weight excluding hydrogens is 352 g/mol. The van der Waals surface area contributed by atoms with Crippen molar-refractivity contribution < 1.29 is 17.9 Å². The SMILES string of the molecule is COC(=O)[C@H](Cc1c[nH]c2ccccc12)NS(=O)(=O)c1ccc(C)cc1. The van der Waals surface area contributed by atoms with Crippen LogP contribution < -0.4 is 4.72 Å². The molecule has 3 aromatic rings. The maximum Gasteiger partial charge on any atom is 0.324 e. The number of hydrogen-bond donors (Lipinski definition) is 2. The molecule has 136 valence electrons. The highest BCUT2D eigenvalue weighted by atomic mass is 32.2. The van der Waals surface area contributed by atoms with Crippen LogP contribution in [0.4, 0.5) is 0 Å². The van der Waals surface area contributed by atoms with E-state index in [9.17, 15) is 13.2 Å². The highest BCUT2D eigenvalue weighted by Crippen LogP contribution is 2.20. The van der Waals surface area contributed by atoms with Crippen LogP contribution in [-0.4, -0.2) is 32.5 Å². The van der Waals surface area contributed by atoms with E-state index in [2.05, 4.69) is 9.71 Å². The number of esters is 1. The van der Waals surface area contributed by atoms with Gasteiger partial charge in [-0.1, -0.05) is 35.9 Å². The van der Waals surface area contributed by atoms with Crippen molar-refractivity contribution in [2.75, 3.05) is 7.11 Å². The van der Waals surface area contributed by atoms with Gasteiger partial charge in [0.15, 0.2) is 0 Å². The Morgan fingerprint density at radius 3 is 2.54 bits per heavy atom. The summed E-state index contributed by atoms with van der Waals surface area (Å²) in [6, 6.07) is 13.1. The van der Waals surface area contributed by atoms with Gasteiger partial charge in [0.2, 0.25) is 10.0 Å². The second-order valence-electron chi connectivity index (χ2n) is 6.07. The number of aryl methyl sites for hydroxylation is 1. The van der Waals surface area contributed by atoms with E-state index < -0.39 is 22.0 Å². The van der Waals surface area contributed by atoms with E-state index in [1.165, 1.54) is 19.2 Å². The molecule has 0 radical (unpaired) electrons. The van der Waals surface area contributed by atoms with Crippen molar-refractivity contribution in [1.82, 2.24) is 9.71 Å². The Balaban J connectivity index is 1.89. The molecule has 2 aromatic carbocycles. The van der Waals surface area contributed by atoms with Gasteiger partial charge >= 0.3 is 5.97 Å². The van der Waals surface area contributed by atoms with Gasteiger partial charge in [0.05, 0.1) is 12.0 Å². The van der Waals surface area contributed by atoms with Crippen LogP contribution in [-0.2, 0) is 26.0 Å². The normalized spacial score (nSPS) is 12.8. The van der Waals surface area contributed by atoms with Gasteiger partial charge in [-0.15, -0.1) is 0 Å². The van der Waals surface area contributed by atoms with Gasteiger partial charge in [0, 0.05) is 23.5 Å². The predicted octanol–water partition coefficient (Wildman–Crippen LogP) is 2.54. The topological polar surface area (TPSA) is 88.3 Å². The van der Waals surface area contributed by atoms with Gasteiger partial charge in [-0.3, -0.25) is 4.79 Å². The first-order valence-corrected chi connectivity index (χ1v) is 9.61. The molecule has 3 rings (SSSR count). The van der Waals surface area contributed by atoms with Gasteiger partial charge in [0.1, 0.15) is 6.04 Å². The first-order valence-electron chi connectivity index (χ1n) is 8.12. The standard InChI is InChI=1S/C19H20N2O4S/c1-13-7-9-15(10-8-13)26(23,24)21-18(19(22)25-2)11-14-12-20-17-6-4-3-5-16(14)17/h3-10,12,18,20-21H,11H2,1-2H3/t18-/m0/s1. The van der Waals surface area contributed by atoms with Crippen LogP contribution in [0.15, 0.2) is 59.6 Å². The van der Waals surface area contributed by atoms with Crippen molar-refractivity contribution >= 4 is 26.9 Å². The molecule has 0 aliphatic carbocycles. The van der Waals surface area contributed by atoms with E-state index in [0.717, 1.165) is 22.0 Å². The second-order valence-corrected chi connectivity index (χ2v) is 7.79. The Morgan fingerprint density at radius 2 is 1.85 bits per heavy atom. The molecule has 0 aliphatic heterocycles. The zero-order valence-corrected chi connectivity index (χ0v) is 15.3. The van der Waals surface area contributed by atoms with Crippen molar-refractivity contribution in [1.29, 1.82) is 0 Å². The van der Waals surface area contributed by atoms with Crippen LogP contribution in [0.3, 0.4) is 0 Å². The van der Waals surface area contributed by atoms with E-state index in [1.807, 2.05) is 31.2 Å². The zero-order chi connectivity index (χ0) is 18.7. The summed E-state index contributed by atoms with van der Waals surface area (Å²) in [5.41, 5.74) is 2.71. The number of benzene rings is 2. The Labute approximate surface area is 152 Å². The number of sulfonamides is 1. The quantitative estimate of drug-likeness (QED) is 0.651. The molecular formula is C19H20N2O4S. The molecule has 0 fully saturated rings. The van der Waals surface area contributed by atoms with Crippen LogP contribution in [0.25, 0.3) is 10.9 Å². The summed E-state index contributed by atoms with van der Waals surface area (Å²) < 4.78 is 32.5. The molecule has 0 amide bonds.